The van der Waals surface area contributed by atoms with Crippen LogP contribution in [0, 0.1) is 0 Å². The molecule has 1 fully saturated rings. The summed E-state index contributed by atoms with van der Waals surface area (Å²) in [6, 6.07) is 21.3. The Labute approximate surface area is 178 Å². The number of hydrogen-bond acceptors (Lipinski definition) is 5. The molecule has 4 aromatic rings. The van der Waals surface area contributed by atoms with Gasteiger partial charge in [-0.25, -0.2) is 5.43 Å². The van der Waals surface area contributed by atoms with Crippen LogP contribution in [0.4, 0.5) is 5.82 Å². The lowest BCUT2D eigenvalue weighted by molar-refractivity contribution is -0.116. The Morgan fingerprint density at radius 1 is 0.935 bits per heavy atom. The Morgan fingerprint density at radius 2 is 1.65 bits per heavy atom. The van der Waals surface area contributed by atoms with Crippen LogP contribution in [-0.4, -0.2) is 42.1 Å². The smallest absolute Gasteiger partial charge is 0.294 e. The molecule has 2 heterocycles. The molecule has 5 rings (SSSR count). The first-order chi connectivity index (χ1) is 15.2. The van der Waals surface area contributed by atoms with Crippen molar-refractivity contribution in [3.63, 3.8) is 0 Å². The minimum absolute atomic E-state index is 0.151. The molecule has 1 N–H and O–H groups in total. The fraction of sp³-hybridized carbons (Fsp3) is 0.208. The number of nitrogens with one attached hydrogen (secondary N) is 1. The molecule has 0 atom stereocenters. The second-order valence-electron chi connectivity index (χ2n) is 7.58. The molecule has 1 aliphatic rings. The number of carbonyl (C=O) groups is 1. The maximum absolute atomic E-state index is 13.0. The third-order valence-corrected chi connectivity index (χ3v) is 5.51. The standard InChI is InChI=1S/C24H22N4O3/c29-22(16-17-9-10-18-5-1-2-6-19(18)15-17)25-28-24(30)21-8-4-3-7-20(21)23(26-28)27-11-13-31-14-12-27/h1-10,15H,11-14,16H2,(H,25,29). The highest BCUT2D eigenvalue weighted by atomic mass is 16.5. The summed E-state index contributed by atoms with van der Waals surface area (Å²) in [5.74, 6) is 0.373. The van der Waals surface area contributed by atoms with Gasteiger partial charge in [0, 0.05) is 18.5 Å². The van der Waals surface area contributed by atoms with Crippen LogP contribution in [0.15, 0.2) is 71.5 Å². The van der Waals surface area contributed by atoms with Gasteiger partial charge in [-0.15, -0.1) is 9.89 Å². The predicted octanol–water partition coefficient (Wildman–Crippen LogP) is 2.70. The number of amides is 1. The molecule has 0 radical (unpaired) electrons. The Balaban J connectivity index is 1.45. The van der Waals surface area contributed by atoms with E-state index in [9.17, 15) is 9.59 Å². The van der Waals surface area contributed by atoms with E-state index in [-0.39, 0.29) is 17.9 Å². The minimum Gasteiger partial charge on any atom is -0.378 e. The van der Waals surface area contributed by atoms with E-state index in [2.05, 4.69) is 15.4 Å². The van der Waals surface area contributed by atoms with Gasteiger partial charge in [0.05, 0.1) is 25.0 Å². The van der Waals surface area contributed by atoms with E-state index in [1.54, 1.807) is 6.07 Å². The lowest BCUT2D eigenvalue weighted by atomic mass is 10.1. The van der Waals surface area contributed by atoms with Gasteiger partial charge in [0.2, 0.25) is 5.91 Å². The zero-order valence-electron chi connectivity index (χ0n) is 17.0. The molecule has 3 aromatic carbocycles. The summed E-state index contributed by atoms with van der Waals surface area (Å²) in [5.41, 5.74) is 3.20. The summed E-state index contributed by atoms with van der Waals surface area (Å²) in [5, 5.41) is 7.98. The summed E-state index contributed by atoms with van der Waals surface area (Å²) in [6.07, 6.45) is 0.151. The van der Waals surface area contributed by atoms with E-state index in [1.807, 2.05) is 60.7 Å². The van der Waals surface area contributed by atoms with Crippen LogP contribution >= 0.6 is 0 Å². The number of anilines is 1. The number of nitrogens with zero attached hydrogens (tertiary/aromatic N) is 3. The van der Waals surface area contributed by atoms with Crippen molar-refractivity contribution in [2.75, 3.05) is 36.6 Å². The first-order valence-corrected chi connectivity index (χ1v) is 10.3. The van der Waals surface area contributed by atoms with Crippen LogP contribution in [-0.2, 0) is 16.0 Å². The summed E-state index contributed by atoms with van der Waals surface area (Å²) in [4.78, 5) is 28.9. The zero-order chi connectivity index (χ0) is 21.2. The Bertz CT molecular complexity index is 1330. The predicted molar refractivity (Wildman–Crippen MR) is 121 cm³/mol. The summed E-state index contributed by atoms with van der Waals surface area (Å²) < 4.78 is 5.44. The number of aromatic nitrogens is 2. The van der Waals surface area contributed by atoms with Crippen LogP contribution in [0.5, 0.6) is 0 Å². The largest absolute Gasteiger partial charge is 0.378 e. The van der Waals surface area contributed by atoms with E-state index < -0.39 is 0 Å². The first kappa shape index (κ1) is 19.3. The molecule has 0 bridgehead atoms. The van der Waals surface area contributed by atoms with Crippen LogP contribution in [0.2, 0.25) is 0 Å². The lowest BCUT2D eigenvalue weighted by Crippen LogP contribution is -2.41. The van der Waals surface area contributed by atoms with E-state index in [1.165, 1.54) is 0 Å². The highest BCUT2D eigenvalue weighted by Gasteiger charge is 2.19. The van der Waals surface area contributed by atoms with Crippen LogP contribution < -0.4 is 15.9 Å². The van der Waals surface area contributed by atoms with E-state index >= 15 is 0 Å². The van der Waals surface area contributed by atoms with Crippen molar-refractivity contribution in [3.05, 3.63) is 82.6 Å². The molecule has 0 unspecified atom stereocenters. The molecule has 0 spiro atoms. The summed E-state index contributed by atoms with van der Waals surface area (Å²) in [6.45, 7) is 2.56. The van der Waals surface area contributed by atoms with Crippen LogP contribution in [0.3, 0.4) is 0 Å². The average Bonchev–Trinajstić information content (AvgIpc) is 2.81. The fourth-order valence-electron chi connectivity index (χ4n) is 3.95. The molecular formula is C24H22N4O3. The van der Waals surface area contributed by atoms with Gasteiger partial charge >= 0.3 is 0 Å². The molecule has 1 aromatic heterocycles. The maximum Gasteiger partial charge on any atom is 0.294 e. The molecular weight excluding hydrogens is 392 g/mol. The van der Waals surface area contributed by atoms with Crippen molar-refractivity contribution in [1.82, 2.24) is 9.89 Å². The van der Waals surface area contributed by atoms with Gasteiger partial charge in [-0.1, -0.05) is 60.7 Å². The highest BCUT2D eigenvalue weighted by Crippen LogP contribution is 2.22. The van der Waals surface area contributed by atoms with E-state index in [0.29, 0.717) is 37.5 Å². The Kier molecular flexibility index (Phi) is 5.09. The average molecular weight is 414 g/mol. The number of ether oxygens (including phenoxy) is 1. The second kappa shape index (κ2) is 8.20. The monoisotopic (exact) mass is 414 g/mol. The number of morpholine rings is 1. The molecule has 7 heteroatoms. The van der Waals surface area contributed by atoms with Gasteiger partial charge in [-0.3, -0.25) is 9.59 Å². The third-order valence-electron chi connectivity index (χ3n) is 5.51. The SMILES string of the molecule is O=C(Cc1ccc2ccccc2c1)Nn1nc(N2CCOCC2)c2ccccc2c1=O. The number of rotatable bonds is 4. The number of carbonyl (C=O) groups excluding carboxylic acids is 1. The molecule has 31 heavy (non-hydrogen) atoms. The van der Waals surface area contributed by atoms with Crippen molar-refractivity contribution >= 4 is 33.3 Å². The molecule has 1 saturated heterocycles. The van der Waals surface area contributed by atoms with E-state index in [4.69, 9.17) is 4.74 Å². The maximum atomic E-state index is 13.0. The quantitative estimate of drug-likeness (QED) is 0.556. The van der Waals surface area contributed by atoms with Gasteiger partial charge in [0.25, 0.3) is 5.56 Å². The molecule has 156 valence electrons. The minimum atomic E-state index is -0.348. The van der Waals surface area contributed by atoms with Gasteiger partial charge in [0.15, 0.2) is 5.82 Å². The normalized spacial score (nSPS) is 14.1. The van der Waals surface area contributed by atoms with Crippen molar-refractivity contribution in [2.45, 2.75) is 6.42 Å². The molecule has 0 saturated carbocycles. The summed E-state index contributed by atoms with van der Waals surface area (Å²) in [7, 11) is 0. The lowest BCUT2D eigenvalue weighted by Gasteiger charge is -2.29. The van der Waals surface area contributed by atoms with Crippen molar-refractivity contribution in [2.24, 2.45) is 0 Å². The highest BCUT2D eigenvalue weighted by molar-refractivity contribution is 5.92. The number of benzene rings is 3. The number of fused-ring (bicyclic) bond motifs is 2. The molecule has 1 amide bonds. The molecule has 1 aliphatic heterocycles. The Hall–Kier alpha value is -3.71. The second-order valence-corrected chi connectivity index (χ2v) is 7.58. The number of hydrogen-bond donors (Lipinski definition) is 1. The van der Waals surface area contributed by atoms with Crippen LogP contribution in [0.1, 0.15) is 5.56 Å². The summed E-state index contributed by atoms with van der Waals surface area (Å²) >= 11 is 0. The van der Waals surface area contributed by atoms with Crippen molar-refractivity contribution < 1.29 is 9.53 Å². The van der Waals surface area contributed by atoms with Gasteiger partial charge < -0.3 is 9.64 Å². The van der Waals surface area contributed by atoms with Gasteiger partial charge in [-0.05, 0) is 22.4 Å². The third kappa shape index (κ3) is 3.87. The molecule has 7 nitrogen and oxygen atoms in total. The topological polar surface area (TPSA) is 76.5 Å². The van der Waals surface area contributed by atoms with Gasteiger partial charge in [0.1, 0.15) is 0 Å². The molecule has 0 aliphatic carbocycles. The van der Waals surface area contributed by atoms with E-state index in [0.717, 1.165) is 26.5 Å². The zero-order valence-corrected chi connectivity index (χ0v) is 17.0. The van der Waals surface area contributed by atoms with Gasteiger partial charge in [-0.2, -0.15) is 0 Å². The van der Waals surface area contributed by atoms with Crippen molar-refractivity contribution in [3.8, 4) is 0 Å². The van der Waals surface area contributed by atoms with Crippen molar-refractivity contribution in [1.29, 1.82) is 0 Å². The fourth-order valence-corrected chi connectivity index (χ4v) is 3.95. The first-order valence-electron chi connectivity index (χ1n) is 10.3. The Morgan fingerprint density at radius 3 is 2.45 bits per heavy atom. The van der Waals surface area contributed by atoms with Crippen LogP contribution in [0.25, 0.3) is 21.5 Å².